The molecule has 0 aliphatic carbocycles. The fraction of sp³-hybridized carbons (Fsp3) is 0.188. The van der Waals surface area contributed by atoms with Crippen LogP contribution >= 0.6 is 23.2 Å². The van der Waals surface area contributed by atoms with Gasteiger partial charge in [0.15, 0.2) is 5.82 Å². The second-order valence-electron chi connectivity index (χ2n) is 5.51. The molecule has 0 spiro atoms. The van der Waals surface area contributed by atoms with Gasteiger partial charge in [0.1, 0.15) is 11.4 Å². The van der Waals surface area contributed by atoms with Gasteiger partial charge in [0.25, 0.3) is 0 Å². The number of fused-ring (bicyclic) bond motifs is 1. The summed E-state index contributed by atoms with van der Waals surface area (Å²) in [4.78, 5) is 21.1. The Hall–Kier alpha value is -2.35. The summed E-state index contributed by atoms with van der Waals surface area (Å²) in [6.45, 7) is 1.55. The normalized spacial score (nSPS) is 13.5. The van der Waals surface area contributed by atoms with Gasteiger partial charge < -0.3 is 5.32 Å². The largest absolute Gasteiger partial charge is 0.311 e. The first kappa shape index (κ1) is 16.1. The van der Waals surface area contributed by atoms with Crippen LogP contribution in [-0.4, -0.2) is 37.3 Å². The Morgan fingerprint density at radius 2 is 2.08 bits per heavy atom. The Labute approximate surface area is 153 Å². The van der Waals surface area contributed by atoms with Gasteiger partial charge in [0, 0.05) is 25.1 Å². The molecule has 0 amide bonds. The zero-order valence-electron chi connectivity index (χ0n) is 12.9. The van der Waals surface area contributed by atoms with Crippen LogP contribution < -0.4 is 5.32 Å². The summed E-state index contributed by atoms with van der Waals surface area (Å²) in [7, 11) is 0. The third-order valence-electron chi connectivity index (χ3n) is 3.96. The number of ketones is 1. The van der Waals surface area contributed by atoms with Crippen molar-refractivity contribution in [2.24, 2.45) is 0 Å². The highest BCUT2D eigenvalue weighted by Crippen LogP contribution is 2.27. The zero-order chi connectivity index (χ0) is 17.4. The number of rotatable bonds is 3. The van der Waals surface area contributed by atoms with E-state index in [2.05, 4.69) is 25.6 Å². The lowest BCUT2D eigenvalue weighted by Crippen LogP contribution is -2.25. The van der Waals surface area contributed by atoms with E-state index in [4.69, 9.17) is 23.2 Å². The summed E-state index contributed by atoms with van der Waals surface area (Å²) in [5.41, 5.74) is 2.38. The Morgan fingerprint density at radius 1 is 1.20 bits per heavy atom. The van der Waals surface area contributed by atoms with Gasteiger partial charge in [0.05, 0.1) is 28.1 Å². The molecule has 4 rings (SSSR count). The monoisotopic (exact) mass is 374 g/mol. The Balaban J connectivity index is 1.65. The van der Waals surface area contributed by atoms with E-state index in [-0.39, 0.29) is 16.5 Å². The highest BCUT2D eigenvalue weighted by molar-refractivity contribution is 6.44. The number of carbonyl (C=O) groups excluding carboxylic acids is 1. The average Bonchev–Trinajstić information content (AvgIpc) is 3.08. The van der Waals surface area contributed by atoms with Crippen molar-refractivity contribution in [2.75, 3.05) is 6.54 Å². The van der Waals surface area contributed by atoms with Crippen LogP contribution in [0.2, 0.25) is 10.0 Å². The van der Waals surface area contributed by atoms with Crippen molar-refractivity contribution < 1.29 is 4.79 Å². The molecule has 1 N–H and O–H groups in total. The molecule has 2 aromatic heterocycles. The van der Waals surface area contributed by atoms with Gasteiger partial charge >= 0.3 is 0 Å². The molecule has 0 fully saturated rings. The van der Waals surface area contributed by atoms with Crippen molar-refractivity contribution in [1.29, 1.82) is 0 Å². The average molecular weight is 375 g/mol. The van der Waals surface area contributed by atoms with E-state index in [0.29, 0.717) is 22.9 Å². The first-order valence-electron chi connectivity index (χ1n) is 7.60. The molecule has 1 aliphatic rings. The fourth-order valence-corrected chi connectivity index (χ4v) is 3.07. The van der Waals surface area contributed by atoms with Gasteiger partial charge in [-0.05, 0) is 12.1 Å². The molecule has 3 heterocycles. The standard InChI is InChI=1S/C16H12Cl2N6O/c17-10-3-1-2-9(15(10)18)16(25)12-7-21-14(8-20-12)24-13-4-5-19-6-11(13)22-23-24/h1-3,7-8,19H,4-6H2. The second-order valence-corrected chi connectivity index (χ2v) is 6.30. The van der Waals surface area contributed by atoms with Crippen LogP contribution in [0.15, 0.2) is 30.6 Å². The maximum Gasteiger partial charge on any atom is 0.214 e. The number of carbonyl (C=O) groups is 1. The highest BCUT2D eigenvalue weighted by Gasteiger charge is 2.20. The number of benzene rings is 1. The van der Waals surface area contributed by atoms with Gasteiger partial charge in [-0.1, -0.05) is 34.5 Å². The van der Waals surface area contributed by atoms with Crippen LogP contribution in [-0.2, 0) is 13.0 Å². The molecule has 1 aromatic carbocycles. The summed E-state index contributed by atoms with van der Waals surface area (Å²) in [6.07, 6.45) is 3.72. The van der Waals surface area contributed by atoms with Crippen molar-refractivity contribution in [3.05, 3.63) is 63.3 Å². The molecule has 126 valence electrons. The molecular weight excluding hydrogens is 363 g/mol. The van der Waals surface area contributed by atoms with Gasteiger partial charge in [0.2, 0.25) is 5.78 Å². The van der Waals surface area contributed by atoms with Gasteiger partial charge in [-0.3, -0.25) is 4.79 Å². The van der Waals surface area contributed by atoms with Crippen molar-refractivity contribution in [2.45, 2.75) is 13.0 Å². The van der Waals surface area contributed by atoms with E-state index in [9.17, 15) is 4.79 Å². The minimum Gasteiger partial charge on any atom is -0.311 e. The van der Waals surface area contributed by atoms with Gasteiger partial charge in [-0.15, -0.1) is 5.10 Å². The molecule has 25 heavy (non-hydrogen) atoms. The molecule has 1 aliphatic heterocycles. The van der Waals surface area contributed by atoms with Crippen molar-refractivity contribution in [3.8, 4) is 5.82 Å². The molecular formula is C16H12Cl2N6O. The van der Waals surface area contributed by atoms with Crippen LogP contribution in [0.1, 0.15) is 27.4 Å². The predicted molar refractivity (Wildman–Crippen MR) is 92.3 cm³/mol. The lowest BCUT2D eigenvalue weighted by molar-refractivity contribution is 0.103. The molecule has 0 saturated carbocycles. The maximum absolute atomic E-state index is 12.6. The number of nitrogens with one attached hydrogen (secondary N) is 1. The summed E-state index contributed by atoms with van der Waals surface area (Å²) in [5.74, 6) is 0.181. The molecule has 0 radical (unpaired) electrons. The van der Waals surface area contributed by atoms with E-state index in [1.165, 1.54) is 12.4 Å². The van der Waals surface area contributed by atoms with Gasteiger partial charge in [-0.25, -0.2) is 9.97 Å². The summed E-state index contributed by atoms with van der Waals surface area (Å²) in [6, 6.07) is 4.89. The van der Waals surface area contributed by atoms with E-state index < -0.39 is 0 Å². The predicted octanol–water partition coefficient (Wildman–Crippen LogP) is 2.24. The molecule has 0 saturated heterocycles. The van der Waals surface area contributed by atoms with Crippen LogP contribution in [0.25, 0.3) is 5.82 Å². The molecule has 9 heteroatoms. The number of nitrogens with zero attached hydrogens (tertiary/aromatic N) is 5. The number of aromatic nitrogens is 5. The van der Waals surface area contributed by atoms with Gasteiger partial charge in [-0.2, -0.15) is 4.68 Å². The van der Waals surface area contributed by atoms with E-state index in [0.717, 1.165) is 24.4 Å². The quantitative estimate of drug-likeness (QED) is 0.707. The first-order chi connectivity index (χ1) is 12.1. The lowest BCUT2D eigenvalue weighted by Gasteiger charge is -2.12. The van der Waals surface area contributed by atoms with Crippen molar-refractivity contribution >= 4 is 29.0 Å². The third kappa shape index (κ3) is 2.90. The van der Waals surface area contributed by atoms with Crippen LogP contribution in [0.4, 0.5) is 0 Å². The number of halogens is 2. The molecule has 3 aromatic rings. The molecule has 7 nitrogen and oxygen atoms in total. The van der Waals surface area contributed by atoms with Crippen molar-refractivity contribution in [3.63, 3.8) is 0 Å². The third-order valence-corrected chi connectivity index (χ3v) is 4.78. The maximum atomic E-state index is 12.6. The number of hydrogen-bond donors (Lipinski definition) is 1. The Morgan fingerprint density at radius 3 is 2.88 bits per heavy atom. The van der Waals surface area contributed by atoms with E-state index >= 15 is 0 Å². The van der Waals surface area contributed by atoms with Crippen LogP contribution in [0.3, 0.4) is 0 Å². The van der Waals surface area contributed by atoms with E-state index in [1.807, 2.05) is 0 Å². The van der Waals surface area contributed by atoms with E-state index in [1.54, 1.807) is 22.9 Å². The SMILES string of the molecule is O=C(c1cnc(-n2nnc3c2CCNC3)cn1)c1cccc(Cl)c1Cl. The first-order valence-corrected chi connectivity index (χ1v) is 8.36. The topological polar surface area (TPSA) is 85.6 Å². The fourth-order valence-electron chi connectivity index (χ4n) is 2.68. The molecule has 0 unspecified atom stereocenters. The smallest absolute Gasteiger partial charge is 0.214 e. The number of hydrogen-bond acceptors (Lipinski definition) is 6. The second kappa shape index (κ2) is 6.51. The van der Waals surface area contributed by atoms with Crippen LogP contribution in [0, 0.1) is 0 Å². The van der Waals surface area contributed by atoms with Crippen LogP contribution in [0.5, 0.6) is 0 Å². The summed E-state index contributed by atoms with van der Waals surface area (Å²) < 4.78 is 1.66. The lowest BCUT2D eigenvalue weighted by atomic mass is 10.1. The summed E-state index contributed by atoms with van der Waals surface area (Å²) >= 11 is 12.1. The Bertz CT molecular complexity index is 954. The minimum atomic E-state index is -0.337. The molecule has 0 bridgehead atoms. The minimum absolute atomic E-state index is 0.184. The molecule has 0 atom stereocenters. The highest BCUT2D eigenvalue weighted by atomic mass is 35.5. The summed E-state index contributed by atoms with van der Waals surface area (Å²) in [5, 5.41) is 12.0. The zero-order valence-corrected chi connectivity index (χ0v) is 14.4. The Kier molecular flexibility index (Phi) is 4.20. The van der Waals surface area contributed by atoms with Crippen molar-refractivity contribution in [1.82, 2.24) is 30.3 Å².